The zero-order chi connectivity index (χ0) is 15.3. The van der Waals surface area contributed by atoms with Crippen molar-refractivity contribution in [2.24, 2.45) is 0 Å². The fourth-order valence-corrected chi connectivity index (χ4v) is 2.41. The molecule has 116 valence electrons. The van der Waals surface area contributed by atoms with Crippen LogP contribution >= 0.6 is 0 Å². The lowest BCUT2D eigenvalue weighted by atomic mass is 9.87. The number of hydrogen-bond donors (Lipinski definition) is 2. The first-order valence-corrected chi connectivity index (χ1v) is 7.68. The monoisotopic (exact) mass is 290 g/mol. The van der Waals surface area contributed by atoms with Crippen LogP contribution in [0.25, 0.3) is 0 Å². The van der Waals surface area contributed by atoms with E-state index in [-0.39, 0.29) is 17.4 Å². The average molecular weight is 290 g/mol. The molecule has 1 fully saturated rings. The molecule has 1 aromatic rings. The summed E-state index contributed by atoms with van der Waals surface area (Å²) in [6.07, 6.45) is 2.48. The lowest BCUT2D eigenvalue weighted by Gasteiger charge is -2.19. The molecule has 0 bridgehead atoms. The van der Waals surface area contributed by atoms with E-state index in [9.17, 15) is 4.79 Å². The summed E-state index contributed by atoms with van der Waals surface area (Å²) in [7, 11) is 0. The Morgan fingerprint density at radius 2 is 2.00 bits per heavy atom. The Labute approximate surface area is 127 Å². The van der Waals surface area contributed by atoms with E-state index in [0.717, 1.165) is 31.7 Å². The molecular formula is C17H26N2O2. The number of hydrogen-bond acceptors (Lipinski definition) is 3. The summed E-state index contributed by atoms with van der Waals surface area (Å²) in [6.45, 7) is 8.44. The van der Waals surface area contributed by atoms with Crippen LogP contribution < -0.4 is 10.6 Å². The minimum atomic E-state index is -0.0171. The minimum Gasteiger partial charge on any atom is -0.377 e. The molecule has 1 amide bonds. The molecular weight excluding hydrogens is 264 g/mol. The molecule has 0 radical (unpaired) electrons. The summed E-state index contributed by atoms with van der Waals surface area (Å²) in [5, 5.41) is 6.05. The molecule has 1 atom stereocenters. The predicted molar refractivity (Wildman–Crippen MR) is 85.6 cm³/mol. The SMILES string of the molecule is CC(C)(C)c1ccc(NC(=O)CNCC2CCCO2)cc1. The van der Waals surface area contributed by atoms with Crippen LogP contribution in [0.4, 0.5) is 5.69 Å². The molecule has 21 heavy (non-hydrogen) atoms. The topological polar surface area (TPSA) is 50.4 Å². The number of nitrogens with one attached hydrogen (secondary N) is 2. The zero-order valence-corrected chi connectivity index (χ0v) is 13.2. The molecule has 0 aliphatic carbocycles. The molecule has 0 saturated carbocycles. The molecule has 1 saturated heterocycles. The van der Waals surface area contributed by atoms with E-state index in [1.807, 2.05) is 12.1 Å². The molecule has 0 aromatic heterocycles. The summed E-state index contributed by atoms with van der Waals surface area (Å²) in [6, 6.07) is 8.04. The quantitative estimate of drug-likeness (QED) is 0.876. The Balaban J connectivity index is 1.74. The van der Waals surface area contributed by atoms with Gasteiger partial charge in [0, 0.05) is 18.8 Å². The van der Waals surface area contributed by atoms with Gasteiger partial charge in [0.1, 0.15) is 0 Å². The molecule has 1 heterocycles. The third-order valence-electron chi connectivity index (χ3n) is 3.72. The van der Waals surface area contributed by atoms with Crippen LogP contribution in [-0.2, 0) is 14.9 Å². The second-order valence-electron chi connectivity index (χ2n) is 6.64. The Morgan fingerprint density at radius 1 is 1.29 bits per heavy atom. The van der Waals surface area contributed by atoms with Crippen LogP contribution in [0.15, 0.2) is 24.3 Å². The van der Waals surface area contributed by atoms with Crippen LogP contribution in [-0.4, -0.2) is 31.7 Å². The number of amides is 1. The molecule has 2 rings (SSSR count). The van der Waals surface area contributed by atoms with Gasteiger partial charge in [-0.15, -0.1) is 0 Å². The maximum Gasteiger partial charge on any atom is 0.238 e. The van der Waals surface area contributed by atoms with Crippen molar-refractivity contribution in [3.63, 3.8) is 0 Å². The van der Waals surface area contributed by atoms with Gasteiger partial charge < -0.3 is 15.4 Å². The fraction of sp³-hybridized carbons (Fsp3) is 0.588. The Morgan fingerprint density at radius 3 is 2.57 bits per heavy atom. The van der Waals surface area contributed by atoms with Crippen molar-refractivity contribution in [3.05, 3.63) is 29.8 Å². The van der Waals surface area contributed by atoms with E-state index >= 15 is 0 Å². The van der Waals surface area contributed by atoms with Gasteiger partial charge >= 0.3 is 0 Å². The first kappa shape index (κ1) is 16.0. The van der Waals surface area contributed by atoms with Gasteiger partial charge in [-0.2, -0.15) is 0 Å². The Kier molecular flexibility index (Phi) is 5.37. The van der Waals surface area contributed by atoms with Crippen molar-refractivity contribution >= 4 is 11.6 Å². The summed E-state index contributed by atoms with van der Waals surface area (Å²) in [4.78, 5) is 11.9. The van der Waals surface area contributed by atoms with Crippen LogP contribution in [0, 0.1) is 0 Å². The first-order valence-electron chi connectivity index (χ1n) is 7.68. The number of rotatable bonds is 5. The van der Waals surface area contributed by atoms with E-state index in [1.165, 1.54) is 5.56 Å². The Bertz CT molecular complexity index is 457. The number of carbonyl (C=O) groups is 1. The summed E-state index contributed by atoms with van der Waals surface area (Å²) >= 11 is 0. The molecule has 0 spiro atoms. The van der Waals surface area contributed by atoms with Gasteiger partial charge in [0.25, 0.3) is 0 Å². The third-order valence-corrected chi connectivity index (χ3v) is 3.72. The third kappa shape index (κ3) is 5.14. The van der Waals surface area contributed by atoms with Crippen molar-refractivity contribution in [1.82, 2.24) is 5.32 Å². The lowest BCUT2D eigenvalue weighted by molar-refractivity contribution is -0.115. The molecule has 2 N–H and O–H groups in total. The molecule has 1 aliphatic rings. The zero-order valence-electron chi connectivity index (χ0n) is 13.2. The van der Waals surface area contributed by atoms with Crippen molar-refractivity contribution in [2.75, 3.05) is 25.0 Å². The van der Waals surface area contributed by atoms with Gasteiger partial charge in [0.15, 0.2) is 0 Å². The normalized spacial score (nSPS) is 18.7. The number of carbonyl (C=O) groups excluding carboxylic acids is 1. The largest absolute Gasteiger partial charge is 0.377 e. The molecule has 1 aliphatic heterocycles. The van der Waals surface area contributed by atoms with Crippen molar-refractivity contribution < 1.29 is 9.53 Å². The van der Waals surface area contributed by atoms with Gasteiger partial charge in [0.2, 0.25) is 5.91 Å². The molecule has 4 nitrogen and oxygen atoms in total. The molecule has 4 heteroatoms. The summed E-state index contributed by atoms with van der Waals surface area (Å²) in [5.41, 5.74) is 2.23. The van der Waals surface area contributed by atoms with E-state index in [0.29, 0.717) is 6.54 Å². The second kappa shape index (κ2) is 7.05. The summed E-state index contributed by atoms with van der Waals surface area (Å²) in [5.74, 6) is -0.0171. The molecule has 1 aromatic carbocycles. The van der Waals surface area contributed by atoms with Gasteiger partial charge in [-0.05, 0) is 36.0 Å². The Hall–Kier alpha value is -1.39. The van der Waals surface area contributed by atoms with E-state index in [1.54, 1.807) is 0 Å². The van der Waals surface area contributed by atoms with E-state index in [4.69, 9.17) is 4.74 Å². The second-order valence-corrected chi connectivity index (χ2v) is 6.64. The maximum absolute atomic E-state index is 11.9. The van der Waals surface area contributed by atoms with Gasteiger partial charge in [-0.1, -0.05) is 32.9 Å². The van der Waals surface area contributed by atoms with Gasteiger partial charge in [-0.3, -0.25) is 4.79 Å². The minimum absolute atomic E-state index is 0.0171. The number of benzene rings is 1. The summed E-state index contributed by atoms with van der Waals surface area (Å²) < 4.78 is 5.50. The van der Waals surface area contributed by atoms with Crippen molar-refractivity contribution in [2.45, 2.75) is 45.1 Å². The van der Waals surface area contributed by atoms with Crippen LogP contribution in [0.5, 0.6) is 0 Å². The highest BCUT2D eigenvalue weighted by Gasteiger charge is 2.15. The highest BCUT2D eigenvalue weighted by molar-refractivity contribution is 5.92. The average Bonchev–Trinajstić information content (AvgIpc) is 2.91. The van der Waals surface area contributed by atoms with Gasteiger partial charge in [0.05, 0.1) is 12.6 Å². The van der Waals surface area contributed by atoms with Crippen LogP contribution in [0.2, 0.25) is 0 Å². The van der Waals surface area contributed by atoms with Crippen LogP contribution in [0.1, 0.15) is 39.2 Å². The van der Waals surface area contributed by atoms with E-state index < -0.39 is 0 Å². The van der Waals surface area contributed by atoms with Crippen molar-refractivity contribution in [3.8, 4) is 0 Å². The number of ether oxygens (including phenoxy) is 1. The van der Waals surface area contributed by atoms with Gasteiger partial charge in [-0.25, -0.2) is 0 Å². The highest BCUT2D eigenvalue weighted by atomic mass is 16.5. The predicted octanol–water partition coefficient (Wildman–Crippen LogP) is 2.69. The lowest BCUT2D eigenvalue weighted by Crippen LogP contribution is -2.33. The maximum atomic E-state index is 11.9. The first-order chi connectivity index (χ1) is 9.95. The number of anilines is 1. The highest BCUT2D eigenvalue weighted by Crippen LogP contribution is 2.23. The van der Waals surface area contributed by atoms with E-state index in [2.05, 4.69) is 43.5 Å². The van der Waals surface area contributed by atoms with Crippen LogP contribution in [0.3, 0.4) is 0 Å². The fourth-order valence-electron chi connectivity index (χ4n) is 2.41. The molecule has 1 unspecified atom stereocenters. The van der Waals surface area contributed by atoms with Crippen molar-refractivity contribution in [1.29, 1.82) is 0 Å². The smallest absolute Gasteiger partial charge is 0.238 e. The standard InChI is InChI=1S/C17H26N2O2/c1-17(2,3)13-6-8-14(9-7-13)19-16(20)12-18-11-15-5-4-10-21-15/h6-9,15,18H,4-5,10-12H2,1-3H3,(H,19,20).